The van der Waals surface area contributed by atoms with Crippen LogP contribution < -0.4 is 10.5 Å². The Bertz CT molecular complexity index is 553. The second-order valence-electron chi connectivity index (χ2n) is 4.90. The lowest BCUT2D eigenvalue weighted by Gasteiger charge is -2.16. The normalized spacial score (nSPS) is 17.8. The number of amides is 2. The Morgan fingerprint density at radius 2 is 2.24 bits per heavy atom. The summed E-state index contributed by atoms with van der Waals surface area (Å²) >= 11 is 5.81. The molecule has 1 heterocycles. The number of hydrogen-bond donors (Lipinski definition) is 1. The Morgan fingerprint density at radius 1 is 1.48 bits per heavy atom. The predicted molar refractivity (Wildman–Crippen MR) is 75.4 cm³/mol. The Balaban J connectivity index is 1.78. The molecule has 2 rings (SSSR count). The number of nitrogens with zero attached hydrogens (tertiary/aromatic N) is 1. The molecule has 1 aromatic carbocycles. The molecule has 5 nitrogen and oxygen atoms in total. The smallest absolute Gasteiger partial charge is 0.226 e. The van der Waals surface area contributed by atoms with Gasteiger partial charge in [0.1, 0.15) is 11.6 Å². The predicted octanol–water partition coefficient (Wildman–Crippen LogP) is 1.58. The van der Waals surface area contributed by atoms with Crippen LogP contribution >= 0.6 is 11.6 Å². The molecule has 1 saturated heterocycles. The van der Waals surface area contributed by atoms with Crippen molar-refractivity contribution in [2.45, 2.75) is 12.8 Å². The summed E-state index contributed by atoms with van der Waals surface area (Å²) in [4.78, 5) is 24.6. The van der Waals surface area contributed by atoms with E-state index in [9.17, 15) is 14.0 Å². The molecule has 114 valence electrons. The van der Waals surface area contributed by atoms with Crippen molar-refractivity contribution < 1.29 is 18.7 Å². The fourth-order valence-corrected chi connectivity index (χ4v) is 2.44. The van der Waals surface area contributed by atoms with E-state index in [1.807, 2.05) is 0 Å². The van der Waals surface area contributed by atoms with Gasteiger partial charge in [0, 0.05) is 13.1 Å². The molecule has 1 fully saturated rings. The highest BCUT2D eigenvalue weighted by Gasteiger charge is 2.29. The Labute approximate surface area is 126 Å². The van der Waals surface area contributed by atoms with Gasteiger partial charge in [-0.3, -0.25) is 9.59 Å². The molecule has 1 atom stereocenters. The summed E-state index contributed by atoms with van der Waals surface area (Å²) in [6.07, 6.45) is 0.769. The highest BCUT2D eigenvalue weighted by molar-refractivity contribution is 6.32. The summed E-state index contributed by atoms with van der Waals surface area (Å²) in [7, 11) is 0. The van der Waals surface area contributed by atoms with E-state index in [0.717, 1.165) is 6.07 Å². The average Bonchev–Trinajstić information content (AvgIpc) is 2.91. The molecular weight excluding hydrogens is 299 g/mol. The zero-order valence-corrected chi connectivity index (χ0v) is 12.1. The van der Waals surface area contributed by atoms with Crippen molar-refractivity contribution in [2.24, 2.45) is 11.7 Å². The zero-order chi connectivity index (χ0) is 15.4. The number of halogens is 2. The highest BCUT2D eigenvalue weighted by Crippen LogP contribution is 2.25. The summed E-state index contributed by atoms with van der Waals surface area (Å²) in [5, 5.41) is 0.164. The van der Waals surface area contributed by atoms with Gasteiger partial charge < -0.3 is 15.4 Å². The first-order valence-corrected chi connectivity index (χ1v) is 7.00. The number of ether oxygens (including phenoxy) is 1. The topological polar surface area (TPSA) is 72.6 Å². The number of nitrogens with two attached hydrogens (primary N) is 1. The summed E-state index contributed by atoms with van der Waals surface area (Å²) in [6, 6.07) is 3.80. The molecule has 0 aliphatic carbocycles. The molecule has 1 aliphatic rings. The van der Waals surface area contributed by atoms with Crippen molar-refractivity contribution >= 4 is 23.4 Å². The zero-order valence-electron chi connectivity index (χ0n) is 11.4. The first-order valence-electron chi connectivity index (χ1n) is 6.62. The third kappa shape index (κ3) is 4.07. The molecule has 1 aromatic rings. The van der Waals surface area contributed by atoms with E-state index in [2.05, 4.69) is 0 Å². The minimum absolute atomic E-state index is 0.100. The molecule has 2 N–H and O–H groups in total. The van der Waals surface area contributed by atoms with Gasteiger partial charge in [0.25, 0.3) is 0 Å². The highest BCUT2D eigenvalue weighted by atomic mass is 35.5. The number of benzene rings is 1. The molecule has 0 bridgehead atoms. The standard InChI is InChI=1S/C14H16ClFN2O3/c15-11-7-10(16)1-2-12(11)21-6-4-13(19)18-5-3-9(8-18)14(17)20/h1-2,7,9H,3-6,8H2,(H2,17,20)/t9-/m0/s1. The number of primary amides is 1. The summed E-state index contributed by atoms with van der Waals surface area (Å²) < 4.78 is 18.2. The van der Waals surface area contributed by atoms with E-state index in [1.54, 1.807) is 4.90 Å². The van der Waals surface area contributed by atoms with E-state index < -0.39 is 5.82 Å². The van der Waals surface area contributed by atoms with Gasteiger partial charge >= 0.3 is 0 Å². The fraction of sp³-hybridized carbons (Fsp3) is 0.429. The number of rotatable bonds is 5. The molecule has 1 aliphatic heterocycles. The molecule has 0 spiro atoms. The van der Waals surface area contributed by atoms with Gasteiger partial charge in [-0.1, -0.05) is 11.6 Å². The quantitative estimate of drug-likeness (QED) is 0.897. The van der Waals surface area contributed by atoms with Gasteiger partial charge in [0.05, 0.1) is 24.0 Å². The molecule has 7 heteroatoms. The maximum atomic E-state index is 12.9. The molecule has 21 heavy (non-hydrogen) atoms. The van der Waals surface area contributed by atoms with Crippen LogP contribution in [0.2, 0.25) is 5.02 Å². The third-order valence-corrected chi connectivity index (χ3v) is 3.71. The van der Waals surface area contributed by atoms with Crippen LogP contribution in [0.3, 0.4) is 0 Å². The van der Waals surface area contributed by atoms with E-state index >= 15 is 0 Å². The van der Waals surface area contributed by atoms with Crippen LogP contribution in [0.15, 0.2) is 18.2 Å². The summed E-state index contributed by atoms with van der Waals surface area (Å²) in [5.41, 5.74) is 5.22. The molecule has 0 aromatic heterocycles. The third-order valence-electron chi connectivity index (χ3n) is 3.41. The maximum absolute atomic E-state index is 12.9. The van der Waals surface area contributed by atoms with Crippen molar-refractivity contribution in [3.05, 3.63) is 29.0 Å². The van der Waals surface area contributed by atoms with E-state index in [-0.39, 0.29) is 35.8 Å². The molecule has 0 unspecified atom stereocenters. The van der Waals surface area contributed by atoms with E-state index in [1.165, 1.54) is 12.1 Å². The first-order chi connectivity index (χ1) is 9.97. The van der Waals surface area contributed by atoms with Crippen LogP contribution in [0.1, 0.15) is 12.8 Å². The van der Waals surface area contributed by atoms with Crippen molar-refractivity contribution in [1.82, 2.24) is 4.90 Å². The first kappa shape index (κ1) is 15.6. The van der Waals surface area contributed by atoms with Crippen LogP contribution in [0.5, 0.6) is 5.75 Å². The van der Waals surface area contributed by atoms with Crippen molar-refractivity contribution in [3.8, 4) is 5.75 Å². The molecule has 2 amide bonds. The Morgan fingerprint density at radius 3 is 2.86 bits per heavy atom. The maximum Gasteiger partial charge on any atom is 0.226 e. The minimum atomic E-state index is -0.446. The number of carbonyl (C=O) groups is 2. The Kier molecular flexibility index (Phi) is 5.01. The molecular formula is C14H16ClFN2O3. The van der Waals surface area contributed by atoms with Crippen LogP contribution in [0.4, 0.5) is 4.39 Å². The molecule has 0 radical (unpaired) electrons. The van der Waals surface area contributed by atoms with Crippen molar-refractivity contribution in [1.29, 1.82) is 0 Å². The Hall–Kier alpha value is -1.82. The van der Waals surface area contributed by atoms with Gasteiger partial charge in [0.2, 0.25) is 11.8 Å². The second kappa shape index (κ2) is 6.76. The van der Waals surface area contributed by atoms with Gasteiger partial charge in [-0.2, -0.15) is 0 Å². The summed E-state index contributed by atoms with van der Waals surface area (Å²) in [5.74, 6) is -0.849. The SMILES string of the molecule is NC(=O)[C@H]1CCN(C(=O)CCOc2ccc(F)cc2Cl)C1. The van der Waals surface area contributed by atoms with Gasteiger partial charge in [-0.15, -0.1) is 0 Å². The second-order valence-corrected chi connectivity index (χ2v) is 5.31. The van der Waals surface area contributed by atoms with Gasteiger partial charge in [-0.25, -0.2) is 4.39 Å². The van der Waals surface area contributed by atoms with Gasteiger partial charge in [0.15, 0.2) is 0 Å². The number of hydrogen-bond acceptors (Lipinski definition) is 3. The van der Waals surface area contributed by atoms with Crippen LogP contribution in [0.25, 0.3) is 0 Å². The van der Waals surface area contributed by atoms with Crippen molar-refractivity contribution in [3.63, 3.8) is 0 Å². The monoisotopic (exact) mass is 314 g/mol. The lowest BCUT2D eigenvalue weighted by molar-refractivity contribution is -0.131. The van der Waals surface area contributed by atoms with E-state index in [4.69, 9.17) is 22.1 Å². The number of likely N-dealkylation sites (tertiary alicyclic amines) is 1. The van der Waals surface area contributed by atoms with Crippen LogP contribution in [-0.4, -0.2) is 36.4 Å². The number of carbonyl (C=O) groups excluding carboxylic acids is 2. The van der Waals surface area contributed by atoms with Crippen LogP contribution in [0, 0.1) is 11.7 Å². The lowest BCUT2D eigenvalue weighted by Crippen LogP contribution is -2.32. The largest absolute Gasteiger partial charge is 0.491 e. The van der Waals surface area contributed by atoms with E-state index in [0.29, 0.717) is 25.3 Å². The van der Waals surface area contributed by atoms with Gasteiger partial charge in [-0.05, 0) is 24.6 Å². The minimum Gasteiger partial charge on any atom is -0.491 e. The van der Waals surface area contributed by atoms with Crippen LogP contribution in [-0.2, 0) is 9.59 Å². The lowest BCUT2D eigenvalue weighted by atomic mass is 10.1. The van der Waals surface area contributed by atoms with Crippen molar-refractivity contribution in [2.75, 3.05) is 19.7 Å². The molecule has 0 saturated carbocycles. The summed E-state index contributed by atoms with van der Waals surface area (Å²) in [6.45, 7) is 1.04. The average molecular weight is 315 g/mol. The fourth-order valence-electron chi connectivity index (χ4n) is 2.22.